The Balaban J connectivity index is 2.23. The van der Waals surface area contributed by atoms with E-state index < -0.39 is 70.2 Å². The van der Waals surface area contributed by atoms with Gasteiger partial charge in [0.05, 0.1) is 16.1 Å². The molecule has 0 spiro atoms. The van der Waals surface area contributed by atoms with Crippen LogP contribution in [-0.2, 0) is 20.2 Å². The quantitative estimate of drug-likeness (QED) is 0.219. The number of carbonyl (C=O) groups is 2. The Bertz CT molecular complexity index is 1670. The Morgan fingerprint density at radius 3 is 1.94 bits per heavy atom. The largest absolute Gasteiger partial charge is 0.478 e. The number of nitrogens with one attached hydrogen (secondary N) is 1. The minimum absolute atomic E-state index is 0.0773. The molecule has 1 heterocycles. The maximum atomic E-state index is 12.8. The minimum Gasteiger partial charge on any atom is -0.478 e. The molecular weight excluding hydrogens is 512 g/mol. The van der Waals surface area contributed by atoms with Crippen LogP contribution in [-0.4, -0.2) is 57.9 Å². The van der Waals surface area contributed by atoms with E-state index >= 15 is 0 Å². The third-order valence-electron chi connectivity index (χ3n) is 4.45. The molecule has 0 aliphatic rings. The Morgan fingerprint density at radius 1 is 0.886 bits per heavy atom. The third kappa shape index (κ3) is 5.17. The maximum Gasteiger partial charge on any atom is 0.356 e. The summed E-state index contributed by atoms with van der Waals surface area (Å²) < 4.78 is 65.0. The molecule has 0 unspecified atom stereocenters. The van der Waals surface area contributed by atoms with Gasteiger partial charge in [0.15, 0.2) is 11.4 Å². The molecule has 15 nitrogen and oxygen atoms in total. The summed E-state index contributed by atoms with van der Waals surface area (Å²) in [7, 11) is -9.54. The number of H-pyrrole nitrogens is 1. The van der Waals surface area contributed by atoms with Gasteiger partial charge in [-0.2, -0.15) is 16.8 Å². The van der Waals surface area contributed by atoms with Crippen LogP contribution in [0.25, 0.3) is 5.69 Å². The topological polar surface area (TPSA) is 246 Å². The number of aryl methyl sites for hydroxylation is 1. The van der Waals surface area contributed by atoms with Crippen LogP contribution in [0.4, 0.5) is 11.4 Å². The van der Waals surface area contributed by atoms with Crippen molar-refractivity contribution in [2.24, 2.45) is 10.2 Å². The molecule has 17 heteroatoms. The number of hydrogen-bond acceptors (Lipinski definition) is 9. The molecule has 0 saturated heterocycles. The summed E-state index contributed by atoms with van der Waals surface area (Å²) in [6, 6.07) is 5.92. The zero-order valence-corrected chi connectivity index (χ0v) is 18.9. The molecule has 0 atom stereocenters. The summed E-state index contributed by atoms with van der Waals surface area (Å²) >= 11 is 0. The smallest absolute Gasteiger partial charge is 0.356 e. The molecule has 0 aliphatic carbocycles. The lowest BCUT2D eigenvalue weighted by Crippen LogP contribution is -2.14. The van der Waals surface area contributed by atoms with Crippen molar-refractivity contribution in [3.05, 3.63) is 63.6 Å². The summed E-state index contributed by atoms with van der Waals surface area (Å²) in [5, 5.41) is 28.0. The van der Waals surface area contributed by atoms with Gasteiger partial charge in [-0.1, -0.05) is 0 Å². The molecule has 35 heavy (non-hydrogen) atoms. The van der Waals surface area contributed by atoms with Crippen LogP contribution in [0.1, 0.15) is 26.4 Å². The minimum atomic E-state index is -5.00. The van der Waals surface area contributed by atoms with E-state index in [0.717, 1.165) is 36.4 Å². The lowest BCUT2D eigenvalue weighted by Gasteiger charge is -2.07. The Labute approximate surface area is 195 Å². The normalized spacial score (nSPS) is 12.2. The summed E-state index contributed by atoms with van der Waals surface area (Å²) in [4.78, 5) is 34.6. The first-order valence-electron chi connectivity index (χ1n) is 9.04. The predicted molar refractivity (Wildman–Crippen MR) is 115 cm³/mol. The van der Waals surface area contributed by atoms with Gasteiger partial charge in [0.1, 0.15) is 10.6 Å². The fraction of sp³-hybridized carbons (Fsp3) is 0.0556. The van der Waals surface area contributed by atoms with Gasteiger partial charge in [-0.25, -0.2) is 14.3 Å². The van der Waals surface area contributed by atoms with Crippen molar-refractivity contribution in [3.8, 4) is 5.69 Å². The standard InChI is InChI=1S/C18H14N4O11S2/c1-8-6-11(17(24)25)13(12(7-8)35(31,32)33)19-20-14-15(18(26)27)21-22(16(14)23)9-2-4-10(5-3-9)34(28,29)30/h2-7,21H,1H3,(H,24,25)(H,26,27)(H,28,29,30)(H,31,32,33). The molecule has 0 fully saturated rings. The van der Waals surface area contributed by atoms with Crippen LogP contribution in [0.2, 0.25) is 0 Å². The molecule has 3 aromatic rings. The number of benzene rings is 2. The molecule has 184 valence electrons. The second-order valence-electron chi connectivity index (χ2n) is 6.89. The van der Waals surface area contributed by atoms with Gasteiger partial charge in [-0.15, -0.1) is 10.2 Å². The van der Waals surface area contributed by atoms with Crippen LogP contribution in [0.5, 0.6) is 0 Å². The van der Waals surface area contributed by atoms with Gasteiger partial charge in [0.2, 0.25) is 0 Å². The first-order valence-corrected chi connectivity index (χ1v) is 11.9. The number of aromatic amines is 1. The lowest BCUT2D eigenvalue weighted by molar-refractivity contribution is 0.0682. The molecule has 1 aromatic heterocycles. The van der Waals surface area contributed by atoms with Gasteiger partial charge in [-0.3, -0.25) is 19.0 Å². The van der Waals surface area contributed by atoms with Crippen molar-refractivity contribution >= 4 is 43.5 Å². The van der Waals surface area contributed by atoms with Crippen molar-refractivity contribution in [3.63, 3.8) is 0 Å². The molecule has 0 radical (unpaired) electrons. The van der Waals surface area contributed by atoms with Crippen LogP contribution in [0.3, 0.4) is 0 Å². The van der Waals surface area contributed by atoms with Crippen molar-refractivity contribution < 1.29 is 45.7 Å². The number of aromatic nitrogens is 2. The highest BCUT2D eigenvalue weighted by atomic mass is 32.2. The zero-order chi connectivity index (χ0) is 26.3. The highest BCUT2D eigenvalue weighted by Gasteiger charge is 2.25. The van der Waals surface area contributed by atoms with E-state index in [0.29, 0.717) is 4.68 Å². The fourth-order valence-electron chi connectivity index (χ4n) is 2.93. The number of rotatable bonds is 7. The van der Waals surface area contributed by atoms with E-state index in [9.17, 15) is 46.0 Å². The van der Waals surface area contributed by atoms with E-state index in [1.54, 1.807) is 0 Å². The summed E-state index contributed by atoms with van der Waals surface area (Å²) in [6.07, 6.45) is 0. The van der Waals surface area contributed by atoms with Gasteiger partial charge < -0.3 is 10.2 Å². The number of carboxylic acids is 2. The Morgan fingerprint density at radius 2 is 1.46 bits per heavy atom. The first kappa shape index (κ1) is 25.4. The van der Waals surface area contributed by atoms with E-state index in [4.69, 9.17) is 4.55 Å². The van der Waals surface area contributed by atoms with Gasteiger partial charge in [0.25, 0.3) is 25.8 Å². The Hall–Kier alpha value is -4.19. The van der Waals surface area contributed by atoms with E-state index in [1.807, 2.05) is 0 Å². The van der Waals surface area contributed by atoms with Crippen LogP contribution < -0.4 is 5.56 Å². The summed E-state index contributed by atoms with van der Waals surface area (Å²) in [5.41, 5.74) is -4.32. The second kappa shape index (κ2) is 8.87. The fourth-order valence-corrected chi connectivity index (χ4v) is 4.14. The summed E-state index contributed by atoms with van der Waals surface area (Å²) in [5.74, 6) is -3.34. The molecule has 5 N–H and O–H groups in total. The van der Waals surface area contributed by atoms with Crippen molar-refractivity contribution in [1.29, 1.82) is 0 Å². The molecule has 0 amide bonds. The molecule has 0 saturated carbocycles. The number of carboxylic acid groups (broad SMARTS) is 2. The monoisotopic (exact) mass is 526 g/mol. The lowest BCUT2D eigenvalue weighted by atomic mass is 10.1. The Kier molecular flexibility index (Phi) is 6.45. The average Bonchev–Trinajstić information content (AvgIpc) is 3.07. The molecule has 3 rings (SSSR count). The highest BCUT2D eigenvalue weighted by Crippen LogP contribution is 2.32. The number of aromatic carboxylic acids is 2. The predicted octanol–water partition coefficient (Wildman–Crippen LogP) is 1.78. The SMILES string of the molecule is Cc1cc(C(=O)O)c(N=Nc2c(C(=O)O)[nH]n(-c3ccc(S(=O)(=O)O)cc3)c2=O)c(S(=O)(=O)O)c1. The molecular formula is C18H14N4O11S2. The summed E-state index contributed by atoms with van der Waals surface area (Å²) in [6.45, 7) is 1.35. The number of azo groups is 1. The second-order valence-corrected chi connectivity index (χ2v) is 9.70. The highest BCUT2D eigenvalue weighted by molar-refractivity contribution is 7.86. The molecule has 0 bridgehead atoms. The zero-order valence-electron chi connectivity index (χ0n) is 17.3. The van der Waals surface area contributed by atoms with Crippen LogP contribution >= 0.6 is 0 Å². The molecule has 0 aliphatic heterocycles. The molecule has 2 aromatic carbocycles. The van der Waals surface area contributed by atoms with Gasteiger partial charge >= 0.3 is 11.9 Å². The number of nitrogens with zero attached hydrogens (tertiary/aromatic N) is 3. The third-order valence-corrected chi connectivity index (χ3v) is 6.19. The van der Waals surface area contributed by atoms with Crippen molar-refractivity contribution in [2.45, 2.75) is 16.7 Å². The average molecular weight is 526 g/mol. The van der Waals surface area contributed by atoms with Crippen LogP contribution in [0, 0.1) is 6.92 Å². The van der Waals surface area contributed by atoms with E-state index in [-0.39, 0.29) is 11.3 Å². The van der Waals surface area contributed by atoms with E-state index in [2.05, 4.69) is 15.3 Å². The van der Waals surface area contributed by atoms with Crippen molar-refractivity contribution in [2.75, 3.05) is 0 Å². The number of hydrogen-bond donors (Lipinski definition) is 5. The van der Waals surface area contributed by atoms with Crippen molar-refractivity contribution in [1.82, 2.24) is 9.78 Å². The van der Waals surface area contributed by atoms with Gasteiger partial charge in [0, 0.05) is 0 Å². The van der Waals surface area contributed by atoms with Crippen LogP contribution in [0.15, 0.2) is 61.2 Å². The van der Waals surface area contributed by atoms with Gasteiger partial charge in [-0.05, 0) is 48.9 Å². The maximum absolute atomic E-state index is 12.8. The first-order chi connectivity index (χ1) is 16.1. The van der Waals surface area contributed by atoms with E-state index in [1.165, 1.54) is 6.92 Å².